The Morgan fingerprint density at radius 2 is 1.92 bits per heavy atom. The van der Waals surface area contributed by atoms with Crippen molar-refractivity contribution in [2.75, 3.05) is 0 Å². The number of carbonyl (C=O) groups is 1. The van der Waals surface area contributed by atoms with E-state index in [2.05, 4.69) is 6.92 Å². The van der Waals surface area contributed by atoms with Crippen molar-refractivity contribution in [1.29, 1.82) is 0 Å². The molecule has 0 aromatic heterocycles. The van der Waals surface area contributed by atoms with Gasteiger partial charge in [-0.1, -0.05) is 19.8 Å². The molecule has 0 aliphatic heterocycles. The second-order valence-corrected chi connectivity index (χ2v) is 3.83. The van der Waals surface area contributed by atoms with E-state index in [0.717, 1.165) is 31.6 Å². The summed E-state index contributed by atoms with van der Waals surface area (Å²) in [5.41, 5.74) is 0. The molecule has 0 heterocycles. The predicted octanol–water partition coefficient (Wildman–Crippen LogP) is 1.34. The minimum atomic E-state index is -0.843. The van der Waals surface area contributed by atoms with Crippen molar-refractivity contribution in [1.82, 2.24) is 0 Å². The molecule has 2 nitrogen and oxygen atoms in total. The monoisotopic (exact) mass is 169 g/mol. The fourth-order valence-electron chi connectivity index (χ4n) is 2.10. The summed E-state index contributed by atoms with van der Waals surface area (Å²) in [7, 11) is 0. The second-order valence-electron chi connectivity index (χ2n) is 3.83. The molecular weight excluding hydrogens is 152 g/mol. The number of hydrogen-bond acceptors (Lipinski definition) is 2. The lowest BCUT2D eigenvalue weighted by atomic mass is 9.80. The lowest BCUT2D eigenvalue weighted by Crippen LogP contribution is -2.33. The van der Waals surface area contributed by atoms with E-state index in [9.17, 15) is 9.90 Å². The smallest absolute Gasteiger partial charge is 0.0445 e. The first kappa shape index (κ1) is 9.56. The quantitative estimate of drug-likeness (QED) is 0.639. The SMILES string of the molecule is CCCC1CCC(C(=O)[O-])CC1. The van der Waals surface area contributed by atoms with Crippen LogP contribution in [0.25, 0.3) is 0 Å². The molecule has 0 radical (unpaired) electrons. The number of aliphatic carboxylic acids is 1. The van der Waals surface area contributed by atoms with Gasteiger partial charge in [-0.3, -0.25) is 0 Å². The van der Waals surface area contributed by atoms with Crippen LogP contribution < -0.4 is 5.11 Å². The lowest BCUT2D eigenvalue weighted by molar-refractivity contribution is -0.312. The summed E-state index contributed by atoms with van der Waals surface area (Å²) in [4.78, 5) is 10.5. The average molecular weight is 169 g/mol. The van der Waals surface area contributed by atoms with E-state index in [4.69, 9.17) is 0 Å². The Kier molecular flexibility index (Phi) is 3.57. The van der Waals surface area contributed by atoms with Gasteiger partial charge in [-0.2, -0.15) is 0 Å². The van der Waals surface area contributed by atoms with Crippen LogP contribution in [0.5, 0.6) is 0 Å². The van der Waals surface area contributed by atoms with Gasteiger partial charge in [-0.25, -0.2) is 0 Å². The normalized spacial score (nSPS) is 30.1. The van der Waals surface area contributed by atoms with Crippen molar-refractivity contribution in [3.05, 3.63) is 0 Å². The zero-order chi connectivity index (χ0) is 8.97. The molecule has 0 aromatic rings. The highest BCUT2D eigenvalue weighted by Crippen LogP contribution is 2.30. The second kappa shape index (κ2) is 4.48. The van der Waals surface area contributed by atoms with Crippen LogP contribution in [0.4, 0.5) is 0 Å². The molecule has 70 valence electrons. The summed E-state index contributed by atoms with van der Waals surface area (Å²) in [6, 6.07) is 0. The van der Waals surface area contributed by atoms with Crippen molar-refractivity contribution in [2.45, 2.75) is 45.4 Å². The number of carboxylic acid groups (broad SMARTS) is 1. The summed E-state index contributed by atoms with van der Waals surface area (Å²) < 4.78 is 0. The first-order valence-electron chi connectivity index (χ1n) is 4.95. The summed E-state index contributed by atoms with van der Waals surface area (Å²) in [5.74, 6) is -0.214. The molecule has 12 heavy (non-hydrogen) atoms. The molecule has 1 aliphatic carbocycles. The van der Waals surface area contributed by atoms with Crippen molar-refractivity contribution in [3.63, 3.8) is 0 Å². The maximum Gasteiger partial charge on any atom is 0.0445 e. The van der Waals surface area contributed by atoms with E-state index < -0.39 is 5.97 Å². The van der Waals surface area contributed by atoms with Crippen molar-refractivity contribution in [3.8, 4) is 0 Å². The Bertz CT molecular complexity index is 146. The van der Waals surface area contributed by atoms with Gasteiger partial charge in [0.15, 0.2) is 0 Å². The standard InChI is InChI=1S/C10H18O2/c1-2-3-8-4-6-9(7-5-8)10(11)12/h8-9H,2-7H2,1H3,(H,11,12)/p-1. The third-order valence-corrected chi connectivity index (χ3v) is 2.88. The molecule has 0 saturated heterocycles. The molecule has 1 rings (SSSR count). The average Bonchev–Trinajstić information content (AvgIpc) is 2.06. The lowest BCUT2D eigenvalue weighted by Gasteiger charge is -2.28. The molecule has 1 fully saturated rings. The van der Waals surface area contributed by atoms with E-state index in [1.165, 1.54) is 12.8 Å². The van der Waals surface area contributed by atoms with E-state index >= 15 is 0 Å². The van der Waals surface area contributed by atoms with Crippen molar-refractivity contribution < 1.29 is 9.90 Å². The van der Waals surface area contributed by atoms with Crippen LogP contribution in [0.1, 0.15) is 45.4 Å². The highest BCUT2D eigenvalue weighted by atomic mass is 16.4. The van der Waals surface area contributed by atoms with Gasteiger partial charge in [0.25, 0.3) is 0 Å². The summed E-state index contributed by atoms with van der Waals surface area (Å²) in [5, 5.41) is 10.5. The number of hydrogen-bond donors (Lipinski definition) is 0. The summed E-state index contributed by atoms with van der Waals surface area (Å²) in [6.45, 7) is 2.19. The fourth-order valence-corrected chi connectivity index (χ4v) is 2.10. The van der Waals surface area contributed by atoms with Crippen LogP contribution in [-0.2, 0) is 4.79 Å². The van der Waals surface area contributed by atoms with Gasteiger partial charge >= 0.3 is 0 Å². The van der Waals surface area contributed by atoms with Crippen LogP contribution in [0.15, 0.2) is 0 Å². The van der Waals surface area contributed by atoms with E-state index in [0.29, 0.717) is 0 Å². The van der Waals surface area contributed by atoms with Crippen molar-refractivity contribution in [2.24, 2.45) is 11.8 Å². The van der Waals surface area contributed by atoms with Gasteiger partial charge in [0.1, 0.15) is 0 Å². The van der Waals surface area contributed by atoms with E-state index in [1.54, 1.807) is 0 Å². The van der Waals surface area contributed by atoms with Gasteiger partial charge in [0.2, 0.25) is 0 Å². The summed E-state index contributed by atoms with van der Waals surface area (Å²) >= 11 is 0. The van der Waals surface area contributed by atoms with Gasteiger partial charge in [-0.05, 0) is 37.5 Å². The molecule has 0 unspecified atom stereocenters. The minimum absolute atomic E-state index is 0.155. The molecule has 0 amide bonds. The number of carbonyl (C=O) groups excluding carboxylic acids is 1. The minimum Gasteiger partial charge on any atom is -0.550 e. The van der Waals surface area contributed by atoms with Crippen LogP contribution >= 0.6 is 0 Å². The van der Waals surface area contributed by atoms with Crippen LogP contribution in [-0.4, -0.2) is 5.97 Å². The van der Waals surface area contributed by atoms with Gasteiger partial charge in [0.05, 0.1) is 0 Å². The van der Waals surface area contributed by atoms with Gasteiger partial charge in [0, 0.05) is 5.97 Å². The molecule has 1 aliphatic rings. The maximum absolute atomic E-state index is 10.5. The Hall–Kier alpha value is -0.530. The molecule has 0 aromatic carbocycles. The van der Waals surface area contributed by atoms with Crippen molar-refractivity contribution >= 4 is 5.97 Å². The molecule has 2 heteroatoms. The largest absolute Gasteiger partial charge is 0.550 e. The molecule has 0 atom stereocenters. The molecule has 0 N–H and O–H groups in total. The third-order valence-electron chi connectivity index (χ3n) is 2.88. The number of carboxylic acids is 1. The maximum atomic E-state index is 10.5. The Morgan fingerprint density at radius 1 is 1.33 bits per heavy atom. The van der Waals surface area contributed by atoms with Gasteiger partial charge < -0.3 is 9.90 Å². The van der Waals surface area contributed by atoms with Crippen LogP contribution in [0.2, 0.25) is 0 Å². The first-order chi connectivity index (χ1) is 5.74. The number of rotatable bonds is 3. The van der Waals surface area contributed by atoms with E-state index in [1.807, 2.05) is 0 Å². The van der Waals surface area contributed by atoms with E-state index in [-0.39, 0.29) is 5.92 Å². The highest BCUT2D eigenvalue weighted by Gasteiger charge is 2.20. The molecule has 0 spiro atoms. The zero-order valence-corrected chi connectivity index (χ0v) is 7.71. The highest BCUT2D eigenvalue weighted by molar-refractivity contribution is 5.67. The topological polar surface area (TPSA) is 40.1 Å². The van der Waals surface area contributed by atoms with Crippen LogP contribution in [0.3, 0.4) is 0 Å². The zero-order valence-electron chi connectivity index (χ0n) is 7.71. The third kappa shape index (κ3) is 2.50. The fraction of sp³-hybridized carbons (Fsp3) is 0.900. The predicted molar refractivity (Wildman–Crippen MR) is 45.4 cm³/mol. The molecule has 1 saturated carbocycles. The Balaban J connectivity index is 2.25. The Morgan fingerprint density at radius 3 is 2.33 bits per heavy atom. The first-order valence-corrected chi connectivity index (χ1v) is 4.95. The van der Waals surface area contributed by atoms with Gasteiger partial charge in [-0.15, -0.1) is 0 Å². The molecular formula is C10H17O2-. The Labute approximate surface area is 74.0 Å². The molecule has 0 bridgehead atoms. The summed E-state index contributed by atoms with van der Waals surface area (Å²) in [6.07, 6.45) is 6.35. The van der Waals surface area contributed by atoms with Crippen LogP contribution in [0, 0.1) is 11.8 Å².